The third-order valence-corrected chi connectivity index (χ3v) is 12.3. The molecule has 3 aliphatic rings. The van der Waals surface area contributed by atoms with Gasteiger partial charge in [-0.15, -0.1) is 0 Å². The Hall–Kier alpha value is -7.56. The molecule has 0 saturated heterocycles. The van der Waals surface area contributed by atoms with E-state index in [0.29, 0.717) is 17.5 Å². The number of allylic oxidation sites excluding steroid dienone is 10. The normalized spacial score (nSPS) is 17.9. The van der Waals surface area contributed by atoms with Crippen LogP contribution < -0.4 is 0 Å². The predicted octanol–water partition coefficient (Wildman–Crippen LogP) is 13.3. The summed E-state index contributed by atoms with van der Waals surface area (Å²) in [6, 6.07) is 56.1. The van der Waals surface area contributed by atoms with E-state index in [2.05, 4.69) is 184 Å². The molecule has 284 valence electrons. The smallest absolute Gasteiger partial charge is 0.164 e. The SMILES string of the molecule is C\C=C/C=C1\C(=C2/C=C(c3nc(-c4ccccc4)nc(-c4ccc(-c5cccc6cccnc56)cc4)n3)C=CC2C)C2(c3ccccc31)c1ccccc1-c1ccccc12. The molecule has 3 aliphatic carbocycles. The number of nitrogens with zero attached hydrogens (tertiary/aromatic N) is 4. The van der Waals surface area contributed by atoms with E-state index in [4.69, 9.17) is 19.9 Å². The van der Waals surface area contributed by atoms with Crippen LogP contribution in [-0.4, -0.2) is 19.9 Å². The third-order valence-electron chi connectivity index (χ3n) is 12.3. The summed E-state index contributed by atoms with van der Waals surface area (Å²) < 4.78 is 0. The van der Waals surface area contributed by atoms with Gasteiger partial charge in [0.1, 0.15) is 0 Å². The van der Waals surface area contributed by atoms with E-state index >= 15 is 0 Å². The van der Waals surface area contributed by atoms with Crippen molar-refractivity contribution in [3.8, 4) is 45.0 Å². The fourth-order valence-corrected chi connectivity index (χ4v) is 9.67. The molecule has 1 spiro atoms. The van der Waals surface area contributed by atoms with E-state index in [1.54, 1.807) is 0 Å². The van der Waals surface area contributed by atoms with Crippen molar-refractivity contribution in [1.29, 1.82) is 0 Å². The Morgan fingerprint density at radius 1 is 0.533 bits per heavy atom. The highest BCUT2D eigenvalue weighted by Crippen LogP contribution is 2.65. The van der Waals surface area contributed by atoms with Crippen LogP contribution in [0.1, 0.15) is 41.9 Å². The number of para-hydroxylation sites is 1. The maximum absolute atomic E-state index is 5.26. The quantitative estimate of drug-likeness (QED) is 0.175. The van der Waals surface area contributed by atoms with Gasteiger partial charge in [0.2, 0.25) is 0 Å². The predicted molar refractivity (Wildman–Crippen MR) is 246 cm³/mol. The van der Waals surface area contributed by atoms with Gasteiger partial charge < -0.3 is 0 Å². The summed E-state index contributed by atoms with van der Waals surface area (Å²) in [6.07, 6.45) is 15.3. The summed E-state index contributed by atoms with van der Waals surface area (Å²) in [6.45, 7) is 4.39. The number of hydrogen-bond donors (Lipinski definition) is 0. The lowest BCUT2D eigenvalue weighted by atomic mass is 9.67. The molecule has 0 bridgehead atoms. The molecule has 0 radical (unpaired) electrons. The molecule has 0 amide bonds. The molecule has 8 aromatic rings. The summed E-state index contributed by atoms with van der Waals surface area (Å²) in [5.74, 6) is 2.02. The fourth-order valence-electron chi connectivity index (χ4n) is 9.67. The summed E-state index contributed by atoms with van der Waals surface area (Å²) in [4.78, 5) is 20.3. The summed E-state index contributed by atoms with van der Waals surface area (Å²) in [7, 11) is 0. The minimum atomic E-state index is -0.506. The first kappa shape index (κ1) is 35.6. The highest BCUT2D eigenvalue weighted by atomic mass is 15.0. The van der Waals surface area contributed by atoms with Gasteiger partial charge in [0, 0.05) is 33.8 Å². The lowest BCUT2D eigenvalue weighted by Gasteiger charge is -2.34. The lowest BCUT2D eigenvalue weighted by Crippen LogP contribution is -2.28. The topological polar surface area (TPSA) is 51.6 Å². The van der Waals surface area contributed by atoms with Crippen LogP contribution in [-0.2, 0) is 5.41 Å². The van der Waals surface area contributed by atoms with Crippen molar-refractivity contribution in [2.24, 2.45) is 5.92 Å². The Morgan fingerprint density at radius 2 is 1.10 bits per heavy atom. The van der Waals surface area contributed by atoms with Crippen LogP contribution in [0.2, 0.25) is 0 Å². The van der Waals surface area contributed by atoms with Gasteiger partial charge in [-0.2, -0.15) is 0 Å². The van der Waals surface area contributed by atoms with E-state index in [1.807, 2.05) is 30.5 Å². The standard InChI is InChI=1S/C56H40N4/c1-3-4-20-46-45-23-10-13-27-50(45)56(48-25-11-8-21-43(48)44-22-9-12-26-49(44)56)51(46)47-35-41(29-28-36(47)2)55-59-53(39-16-6-5-7-17-39)58-54(60-55)40-32-30-37(31-33-40)42-24-14-18-38-19-15-34-57-52(38)42/h3-36H,1-2H3/b4-3-,46-20-,51-47-. The maximum atomic E-state index is 5.26. The Bertz CT molecular complexity index is 3110. The van der Waals surface area contributed by atoms with Crippen LogP contribution in [0, 0.1) is 5.92 Å². The number of pyridine rings is 1. The van der Waals surface area contributed by atoms with Crippen molar-refractivity contribution in [3.63, 3.8) is 0 Å². The van der Waals surface area contributed by atoms with Gasteiger partial charge >= 0.3 is 0 Å². The highest BCUT2D eigenvalue weighted by molar-refractivity contribution is 6.02. The van der Waals surface area contributed by atoms with E-state index in [0.717, 1.165) is 38.7 Å². The van der Waals surface area contributed by atoms with E-state index in [9.17, 15) is 0 Å². The first-order valence-electron chi connectivity index (χ1n) is 20.7. The molecular formula is C56H40N4. The number of rotatable bonds is 5. The average Bonchev–Trinajstić information content (AvgIpc) is 3.78. The third kappa shape index (κ3) is 5.52. The van der Waals surface area contributed by atoms with Gasteiger partial charge in [0.05, 0.1) is 10.9 Å². The number of aromatic nitrogens is 4. The van der Waals surface area contributed by atoms with Crippen LogP contribution >= 0.6 is 0 Å². The zero-order valence-corrected chi connectivity index (χ0v) is 33.4. The van der Waals surface area contributed by atoms with Crippen LogP contribution in [0.5, 0.6) is 0 Å². The zero-order chi connectivity index (χ0) is 40.2. The van der Waals surface area contributed by atoms with Crippen LogP contribution in [0.25, 0.3) is 67.1 Å². The summed E-state index contributed by atoms with van der Waals surface area (Å²) in [5, 5.41) is 1.12. The number of hydrogen-bond acceptors (Lipinski definition) is 4. The molecule has 1 unspecified atom stereocenters. The van der Waals surface area contributed by atoms with Crippen molar-refractivity contribution in [1.82, 2.24) is 19.9 Å². The summed E-state index contributed by atoms with van der Waals surface area (Å²) >= 11 is 0. The average molecular weight is 769 g/mol. The van der Waals surface area contributed by atoms with Gasteiger partial charge in [-0.3, -0.25) is 4.98 Å². The monoisotopic (exact) mass is 768 g/mol. The zero-order valence-electron chi connectivity index (χ0n) is 33.4. The maximum Gasteiger partial charge on any atom is 0.164 e. The molecule has 2 heterocycles. The second-order valence-corrected chi connectivity index (χ2v) is 15.7. The largest absolute Gasteiger partial charge is 0.256 e. The van der Waals surface area contributed by atoms with Crippen molar-refractivity contribution < 1.29 is 0 Å². The van der Waals surface area contributed by atoms with Gasteiger partial charge in [-0.05, 0) is 80.6 Å². The summed E-state index contributed by atoms with van der Waals surface area (Å²) in [5.41, 5.74) is 17.1. The molecule has 0 fully saturated rings. The first-order valence-corrected chi connectivity index (χ1v) is 20.7. The molecule has 4 heteroatoms. The lowest BCUT2D eigenvalue weighted by molar-refractivity contribution is 0.758. The van der Waals surface area contributed by atoms with Crippen molar-refractivity contribution in [2.45, 2.75) is 19.3 Å². The van der Waals surface area contributed by atoms with Crippen molar-refractivity contribution in [3.05, 3.63) is 240 Å². The molecule has 0 N–H and O–H groups in total. The Morgan fingerprint density at radius 3 is 1.80 bits per heavy atom. The molecule has 11 rings (SSSR count). The Kier molecular flexibility index (Phi) is 8.52. The Labute approximate surface area is 350 Å². The number of fused-ring (bicyclic) bond motifs is 8. The van der Waals surface area contributed by atoms with E-state index in [1.165, 1.54) is 50.1 Å². The highest BCUT2D eigenvalue weighted by Gasteiger charge is 2.54. The van der Waals surface area contributed by atoms with Crippen LogP contribution in [0.4, 0.5) is 0 Å². The van der Waals surface area contributed by atoms with Gasteiger partial charge in [-0.25, -0.2) is 15.0 Å². The molecule has 0 aliphatic heterocycles. The minimum absolute atomic E-state index is 0.120. The molecule has 2 aromatic heterocycles. The molecule has 0 saturated carbocycles. The molecule has 6 aromatic carbocycles. The van der Waals surface area contributed by atoms with E-state index in [-0.39, 0.29) is 5.92 Å². The number of benzene rings is 6. The fraction of sp³-hybridized carbons (Fsp3) is 0.0714. The van der Waals surface area contributed by atoms with Gasteiger partial charge in [0.15, 0.2) is 17.5 Å². The van der Waals surface area contributed by atoms with E-state index < -0.39 is 5.41 Å². The molecule has 4 nitrogen and oxygen atoms in total. The Balaban J connectivity index is 1.12. The second-order valence-electron chi connectivity index (χ2n) is 15.7. The van der Waals surface area contributed by atoms with Crippen LogP contribution in [0.3, 0.4) is 0 Å². The molecular weight excluding hydrogens is 729 g/mol. The molecule has 1 atom stereocenters. The van der Waals surface area contributed by atoms with Gasteiger partial charge in [-0.1, -0.05) is 189 Å². The second kappa shape index (κ2) is 14.4. The minimum Gasteiger partial charge on any atom is -0.256 e. The van der Waals surface area contributed by atoms with Crippen molar-refractivity contribution in [2.75, 3.05) is 0 Å². The first-order chi connectivity index (χ1) is 29.6. The van der Waals surface area contributed by atoms with Crippen molar-refractivity contribution >= 4 is 22.0 Å². The molecule has 60 heavy (non-hydrogen) atoms. The van der Waals surface area contributed by atoms with Gasteiger partial charge in [0.25, 0.3) is 0 Å². The van der Waals surface area contributed by atoms with Crippen LogP contribution in [0.15, 0.2) is 212 Å².